The number of aliphatic imine (C=N–C) groups is 1. The molecule has 0 saturated carbocycles. The lowest BCUT2D eigenvalue weighted by atomic mass is 10.0. The van der Waals surface area contributed by atoms with Crippen LogP contribution in [0, 0.1) is 5.92 Å². The molecule has 0 bridgehead atoms. The van der Waals surface area contributed by atoms with Crippen molar-refractivity contribution in [1.82, 2.24) is 15.5 Å². The van der Waals surface area contributed by atoms with E-state index in [9.17, 15) is 0 Å². The predicted octanol–water partition coefficient (Wildman–Crippen LogP) is 2.88. The molecule has 2 rings (SSSR count). The minimum atomic E-state index is 0.505. The van der Waals surface area contributed by atoms with Crippen LogP contribution in [0.4, 0.5) is 0 Å². The van der Waals surface area contributed by atoms with Gasteiger partial charge in [-0.3, -0.25) is 9.89 Å². The van der Waals surface area contributed by atoms with Crippen LogP contribution in [0.3, 0.4) is 0 Å². The third kappa shape index (κ3) is 8.19. The summed E-state index contributed by atoms with van der Waals surface area (Å²) >= 11 is 0. The molecule has 0 unspecified atom stereocenters. The van der Waals surface area contributed by atoms with Crippen LogP contribution in [0.1, 0.15) is 38.7 Å². The van der Waals surface area contributed by atoms with E-state index in [0.717, 1.165) is 64.6 Å². The number of hydrogen-bond donors (Lipinski definition) is 2. The van der Waals surface area contributed by atoms with Crippen LogP contribution in [0.5, 0.6) is 0 Å². The summed E-state index contributed by atoms with van der Waals surface area (Å²) in [6, 6.07) is 11.2. The van der Waals surface area contributed by atoms with Gasteiger partial charge in [0.1, 0.15) is 0 Å². The maximum absolute atomic E-state index is 5.62. The minimum absolute atomic E-state index is 0.505. The Bertz CT molecular complexity index is 510. The zero-order valence-corrected chi connectivity index (χ0v) is 16.7. The molecule has 0 amide bonds. The molecule has 2 N–H and O–H groups in total. The highest BCUT2D eigenvalue weighted by Crippen LogP contribution is 2.13. The van der Waals surface area contributed by atoms with Gasteiger partial charge in [0.15, 0.2) is 5.96 Å². The lowest BCUT2D eigenvalue weighted by molar-refractivity contribution is 0.108. The molecule has 1 fully saturated rings. The molecule has 1 aliphatic rings. The maximum Gasteiger partial charge on any atom is 0.191 e. The molecule has 0 aromatic heterocycles. The van der Waals surface area contributed by atoms with E-state index >= 15 is 0 Å². The first-order valence-corrected chi connectivity index (χ1v) is 9.98. The van der Waals surface area contributed by atoms with E-state index in [1.807, 2.05) is 7.05 Å². The average Bonchev–Trinajstić information content (AvgIpc) is 2.65. The van der Waals surface area contributed by atoms with E-state index in [1.165, 1.54) is 5.56 Å². The van der Waals surface area contributed by atoms with Crippen molar-refractivity contribution in [3.8, 4) is 0 Å². The van der Waals surface area contributed by atoms with Gasteiger partial charge >= 0.3 is 0 Å². The van der Waals surface area contributed by atoms with Crippen LogP contribution < -0.4 is 10.6 Å². The standard InChI is InChI=1S/C21H36N4O/c1-18(2)17-26-15-7-12-23-21(22-3)24-20-10-13-25(14-11-20)16-19-8-5-4-6-9-19/h4-6,8-9,18,20H,7,10-17H2,1-3H3,(H2,22,23,24). The predicted molar refractivity (Wildman–Crippen MR) is 110 cm³/mol. The molecule has 5 nitrogen and oxygen atoms in total. The first-order valence-electron chi connectivity index (χ1n) is 9.98. The number of benzene rings is 1. The Kier molecular flexibility index (Phi) is 9.50. The van der Waals surface area contributed by atoms with E-state index in [4.69, 9.17) is 4.74 Å². The van der Waals surface area contributed by atoms with Gasteiger partial charge in [0.25, 0.3) is 0 Å². The van der Waals surface area contributed by atoms with Crippen molar-refractivity contribution in [2.45, 2.75) is 45.7 Å². The largest absolute Gasteiger partial charge is 0.381 e. The summed E-state index contributed by atoms with van der Waals surface area (Å²) < 4.78 is 5.62. The van der Waals surface area contributed by atoms with Crippen LogP contribution in [0.2, 0.25) is 0 Å². The topological polar surface area (TPSA) is 48.9 Å². The summed E-state index contributed by atoms with van der Waals surface area (Å²) in [6.07, 6.45) is 3.32. The molecule has 0 atom stereocenters. The number of piperidine rings is 1. The van der Waals surface area contributed by atoms with Gasteiger partial charge in [0, 0.05) is 52.5 Å². The Labute approximate surface area is 159 Å². The van der Waals surface area contributed by atoms with Crippen molar-refractivity contribution in [3.05, 3.63) is 35.9 Å². The zero-order valence-electron chi connectivity index (χ0n) is 16.7. The van der Waals surface area contributed by atoms with Crippen molar-refractivity contribution < 1.29 is 4.74 Å². The number of ether oxygens (including phenoxy) is 1. The normalized spacial score (nSPS) is 16.8. The summed E-state index contributed by atoms with van der Waals surface area (Å²) in [4.78, 5) is 6.89. The SMILES string of the molecule is CN=C(NCCCOCC(C)C)NC1CCN(Cc2ccccc2)CC1. The fourth-order valence-corrected chi connectivity index (χ4v) is 3.17. The van der Waals surface area contributed by atoms with Gasteiger partial charge in [-0.1, -0.05) is 44.2 Å². The van der Waals surface area contributed by atoms with Crippen LogP contribution in [-0.4, -0.2) is 56.8 Å². The fraction of sp³-hybridized carbons (Fsp3) is 0.667. The molecule has 1 aliphatic heterocycles. The van der Waals surface area contributed by atoms with E-state index < -0.39 is 0 Å². The van der Waals surface area contributed by atoms with Crippen molar-refractivity contribution in [1.29, 1.82) is 0 Å². The molecule has 1 aromatic rings. The summed E-state index contributed by atoms with van der Waals surface area (Å²) in [6.45, 7) is 10.2. The van der Waals surface area contributed by atoms with Gasteiger partial charge in [0.05, 0.1) is 0 Å². The second-order valence-corrected chi connectivity index (χ2v) is 7.50. The highest BCUT2D eigenvalue weighted by Gasteiger charge is 2.19. The highest BCUT2D eigenvalue weighted by molar-refractivity contribution is 5.79. The lowest BCUT2D eigenvalue weighted by Crippen LogP contribution is -2.48. The van der Waals surface area contributed by atoms with Gasteiger partial charge in [-0.05, 0) is 30.7 Å². The molecule has 1 aromatic carbocycles. The summed E-state index contributed by atoms with van der Waals surface area (Å²) in [5.74, 6) is 1.51. The Balaban J connectivity index is 1.59. The lowest BCUT2D eigenvalue weighted by Gasteiger charge is -2.33. The van der Waals surface area contributed by atoms with Crippen molar-refractivity contribution in [3.63, 3.8) is 0 Å². The Morgan fingerprint density at radius 3 is 2.62 bits per heavy atom. The second kappa shape index (κ2) is 11.9. The third-order valence-electron chi connectivity index (χ3n) is 4.61. The van der Waals surface area contributed by atoms with Gasteiger partial charge in [0.2, 0.25) is 0 Å². The first-order chi connectivity index (χ1) is 12.7. The molecule has 1 heterocycles. The summed E-state index contributed by atoms with van der Waals surface area (Å²) in [5.41, 5.74) is 1.40. The van der Waals surface area contributed by atoms with Crippen LogP contribution >= 0.6 is 0 Å². The first kappa shape index (κ1) is 20.7. The van der Waals surface area contributed by atoms with Gasteiger partial charge < -0.3 is 15.4 Å². The molecular formula is C21H36N4O. The van der Waals surface area contributed by atoms with E-state index in [2.05, 4.69) is 64.7 Å². The molecule has 5 heteroatoms. The number of hydrogen-bond acceptors (Lipinski definition) is 3. The smallest absolute Gasteiger partial charge is 0.191 e. The molecule has 146 valence electrons. The molecule has 0 aliphatic carbocycles. The highest BCUT2D eigenvalue weighted by atomic mass is 16.5. The third-order valence-corrected chi connectivity index (χ3v) is 4.61. The van der Waals surface area contributed by atoms with Crippen LogP contribution in [0.25, 0.3) is 0 Å². The van der Waals surface area contributed by atoms with E-state index in [-0.39, 0.29) is 0 Å². The summed E-state index contributed by atoms with van der Waals surface area (Å²) in [5, 5.41) is 6.97. The minimum Gasteiger partial charge on any atom is -0.381 e. The van der Waals surface area contributed by atoms with Gasteiger partial charge in [-0.2, -0.15) is 0 Å². The molecule has 0 spiro atoms. The molecule has 26 heavy (non-hydrogen) atoms. The van der Waals surface area contributed by atoms with Gasteiger partial charge in [-0.25, -0.2) is 0 Å². The number of nitrogens with one attached hydrogen (secondary N) is 2. The number of likely N-dealkylation sites (tertiary alicyclic amines) is 1. The fourth-order valence-electron chi connectivity index (χ4n) is 3.17. The maximum atomic E-state index is 5.62. The zero-order chi connectivity index (χ0) is 18.6. The Morgan fingerprint density at radius 1 is 1.23 bits per heavy atom. The van der Waals surface area contributed by atoms with Gasteiger partial charge in [-0.15, -0.1) is 0 Å². The Hall–Kier alpha value is -1.59. The number of nitrogens with zero attached hydrogens (tertiary/aromatic N) is 2. The van der Waals surface area contributed by atoms with Crippen molar-refractivity contribution in [2.75, 3.05) is 39.9 Å². The molecular weight excluding hydrogens is 324 g/mol. The quantitative estimate of drug-likeness (QED) is 0.404. The van der Waals surface area contributed by atoms with Crippen molar-refractivity contribution in [2.24, 2.45) is 10.9 Å². The molecule has 1 saturated heterocycles. The van der Waals surface area contributed by atoms with Crippen LogP contribution in [0.15, 0.2) is 35.3 Å². The van der Waals surface area contributed by atoms with E-state index in [0.29, 0.717) is 12.0 Å². The average molecular weight is 361 g/mol. The number of guanidine groups is 1. The van der Waals surface area contributed by atoms with Crippen LogP contribution in [-0.2, 0) is 11.3 Å². The summed E-state index contributed by atoms with van der Waals surface area (Å²) in [7, 11) is 1.84. The Morgan fingerprint density at radius 2 is 1.96 bits per heavy atom. The number of rotatable bonds is 9. The second-order valence-electron chi connectivity index (χ2n) is 7.50. The monoisotopic (exact) mass is 360 g/mol. The molecule has 0 radical (unpaired) electrons. The van der Waals surface area contributed by atoms with Crippen molar-refractivity contribution >= 4 is 5.96 Å². The van der Waals surface area contributed by atoms with E-state index in [1.54, 1.807) is 0 Å².